The first-order valence-electron chi connectivity index (χ1n) is 5.42. The van der Waals surface area contributed by atoms with Crippen molar-refractivity contribution in [3.8, 4) is 5.75 Å². The van der Waals surface area contributed by atoms with Gasteiger partial charge in [-0.25, -0.2) is 4.79 Å². The van der Waals surface area contributed by atoms with Gasteiger partial charge in [-0.05, 0) is 25.0 Å². The van der Waals surface area contributed by atoms with E-state index >= 15 is 0 Å². The lowest BCUT2D eigenvalue weighted by atomic mass is 10.0. The van der Waals surface area contributed by atoms with Crippen LogP contribution in [0.5, 0.6) is 5.75 Å². The molecule has 2 rings (SSSR count). The fourth-order valence-corrected chi connectivity index (χ4v) is 1.94. The molecule has 0 spiro atoms. The van der Waals surface area contributed by atoms with E-state index in [-0.39, 0.29) is 11.3 Å². The first-order chi connectivity index (χ1) is 8.06. The Labute approximate surface area is 99.0 Å². The zero-order valence-corrected chi connectivity index (χ0v) is 9.91. The average molecular weight is 230 g/mol. The molecule has 0 aliphatic rings. The van der Waals surface area contributed by atoms with Gasteiger partial charge < -0.3 is 9.52 Å². The first kappa shape index (κ1) is 11.5. The number of aromatic hydroxyl groups is 1. The molecule has 0 aliphatic carbocycles. The molecule has 0 bridgehead atoms. The summed E-state index contributed by atoms with van der Waals surface area (Å²) < 4.78 is 5.27. The van der Waals surface area contributed by atoms with Crippen molar-refractivity contribution < 1.29 is 9.52 Å². The molecule has 0 amide bonds. The molecule has 1 N–H and O–H groups in total. The summed E-state index contributed by atoms with van der Waals surface area (Å²) in [5, 5.41) is 10.8. The minimum atomic E-state index is -0.497. The van der Waals surface area contributed by atoms with Gasteiger partial charge in [-0.3, -0.25) is 0 Å². The summed E-state index contributed by atoms with van der Waals surface area (Å²) in [6, 6.07) is 3.77. The second-order valence-corrected chi connectivity index (χ2v) is 4.11. The van der Waals surface area contributed by atoms with E-state index in [1.807, 2.05) is 26.0 Å². The first-order valence-corrected chi connectivity index (χ1v) is 5.42. The van der Waals surface area contributed by atoms with Gasteiger partial charge in [-0.1, -0.05) is 18.2 Å². The normalized spacial score (nSPS) is 10.7. The van der Waals surface area contributed by atoms with Gasteiger partial charge in [0.15, 0.2) is 0 Å². The number of hydrogen-bond acceptors (Lipinski definition) is 3. The molecule has 88 valence electrons. The summed E-state index contributed by atoms with van der Waals surface area (Å²) in [4.78, 5) is 11.7. The Kier molecular flexibility index (Phi) is 2.76. The lowest BCUT2D eigenvalue weighted by Gasteiger charge is -2.08. The molecule has 3 heteroatoms. The van der Waals surface area contributed by atoms with Crippen LogP contribution in [-0.4, -0.2) is 5.11 Å². The van der Waals surface area contributed by atoms with E-state index in [1.54, 1.807) is 6.08 Å². The van der Waals surface area contributed by atoms with Crippen LogP contribution in [0, 0.1) is 13.8 Å². The summed E-state index contributed by atoms with van der Waals surface area (Å²) >= 11 is 0. The average Bonchev–Trinajstić information content (AvgIpc) is 2.29. The molecule has 0 saturated heterocycles. The molecule has 0 saturated carbocycles. The second-order valence-electron chi connectivity index (χ2n) is 4.11. The lowest BCUT2D eigenvalue weighted by molar-refractivity contribution is 0.458. The standard InChI is InChI=1S/C14H14O3/c1-4-5-10-12(15)11-8(2)6-7-9(3)13(11)17-14(10)16/h4,6-7,15H,1,5H2,2-3H3. The van der Waals surface area contributed by atoms with E-state index < -0.39 is 5.63 Å². The molecule has 0 unspecified atom stereocenters. The van der Waals surface area contributed by atoms with E-state index in [1.165, 1.54) is 0 Å². The number of rotatable bonds is 2. The van der Waals surface area contributed by atoms with Gasteiger partial charge in [0.05, 0.1) is 10.9 Å². The van der Waals surface area contributed by atoms with Crippen molar-refractivity contribution in [2.45, 2.75) is 20.3 Å². The minimum Gasteiger partial charge on any atom is -0.507 e. The molecule has 1 aromatic carbocycles. The Morgan fingerprint density at radius 1 is 1.35 bits per heavy atom. The Morgan fingerprint density at radius 3 is 2.65 bits per heavy atom. The highest BCUT2D eigenvalue weighted by Gasteiger charge is 2.15. The molecule has 0 aliphatic heterocycles. The molecule has 17 heavy (non-hydrogen) atoms. The lowest BCUT2D eigenvalue weighted by Crippen LogP contribution is -2.07. The summed E-state index contributed by atoms with van der Waals surface area (Å²) in [5.41, 5.74) is 1.95. The largest absolute Gasteiger partial charge is 0.507 e. The highest BCUT2D eigenvalue weighted by atomic mass is 16.4. The Morgan fingerprint density at radius 2 is 2.00 bits per heavy atom. The van der Waals surface area contributed by atoms with E-state index in [9.17, 15) is 9.90 Å². The summed E-state index contributed by atoms with van der Waals surface area (Å²) in [6.45, 7) is 7.29. The number of hydrogen-bond donors (Lipinski definition) is 1. The van der Waals surface area contributed by atoms with Crippen molar-refractivity contribution in [3.05, 3.63) is 51.9 Å². The highest BCUT2D eigenvalue weighted by Crippen LogP contribution is 2.31. The third kappa shape index (κ3) is 1.73. The summed E-state index contributed by atoms with van der Waals surface area (Å²) in [6.07, 6.45) is 1.88. The van der Waals surface area contributed by atoms with Crippen molar-refractivity contribution in [1.82, 2.24) is 0 Å². The van der Waals surface area contributed by atoms with Gasteiger partial charge in [-0.15, -0.1) is 6.58 Å². The topological polar surface area (TPSA) is 50.4 Å². The fourth-order valence-electron chi connectivity index (χ4n) is 1.94. The predicted octanol–water partition coefficient (Wildman–Crippen LogP) is 2.84. The summed E-state index contributed by atoms with van der Waals surface area (Å²) in [5.74, 6) is 0.0114. The maximum absolute atomic E-state index is 11.7. The van der Waals surface area contributed by atoms with Crippen LogP contribution in [-0.2, 0) is 6.42 Å². The summed E-state index contributed by atoms with van der Waals surface area (Å²) in [7, 11) is 0. The van der Waals surface area contributed by atoms with Gasteiger partial charge in [0, 0.05) is 6.42 Å². The molecular formula is C14H14O3. The second kappa shape index (κ2) is 4.09. The van der Waals surface area contributed by atoms with E-state index in [0.29, 0.717) is 17.4 Å². The molecule has 2 aromatic rings. The van der Waals surface area contributed by atoms with Gasteiger partial charge in [-0.2, -0.15) is 0 Å². The Balaban J connectivity index is 2.96. The Bertz CT molecular complexity index is 651. The van der Waals surface area contributed by atoms with Crippen LogP contribution in [0.15, 0.2) is 34.0 Å². The fraction of sp³-hybridized carbons (Fsp3) is 0.214. The smallest absolute Gasteiger partial charge is 0.343 e. The van der Waals surface area contributed by atoms with Crippen molar-refractivity contribution in [2.75, 3.05) is 0 Å². The zero-order valence-electron chi connectivity index (χ0n) is 9.91. The number of fused-ring (bicyclic) bond motifs is 1. The van der Waals surface area contributed by atoms with E-state index in [2.05, 4.69) is 6.58 Å². The van der Waals surface area contributed by atoms with Gasteiger partial charge in [0.1, 0.15) is 11.3 Å². The van der Waals surface area contributed by atoms with Crippen molar-refractivity contribution in [3.63, 3.8) is 0 Å². The monoisotopic (exact) mass is 230 g/mol. The van der Waals surface area contributed by atoms with Gasteiger partial charge >= 0.3 is 5.63 Å². The third-order valence-electron chi connectivity index (χ3n) is 2.88. The minimum absolute atomic E-state index is 0.0114. The van der Waals surface area contributed by atoms with Crippen molar-refractivity contribution in [1.29, 1.82) is 0 Å². The van der Waals surface area contributed by atoms with E-state index in [4.69, 9.17) is 4.42 Å². The van der Waals surface area contributed by atoms with Crippen LogP contribution in [0.1, 0.15) is 16.7 Å². The molecule has 0 atom stereocenters. The van der Waals surface area contributed by atoms with Crippen LogP contribution in [0.25, 0.3) is 11.0 Å². The van der Waals surface area contributed by atoms with Crippen LogP contribution >= 0.6 is 0 Å². The molecule has 1 heterocycles. The SMILES string of the molecule is C=CCc1c(O)c2c(C)ccc(C)c2oc1=O. The molecule has 0 radical (unpaired) electrons. The maximum atomic E-state index is 11.7. The molecule has 3 nitrogen and oxygen atoms in total. The molecular weight excluding hydrogens is 216 g/mol. The number of benzene rings is 1. The number of allylic oxidation sites excluding steroid dienone is 1. The molecule has 1 aromatic heterocycles. The van der Waals surface area contributed by atoms with Gasteiger partial charge in [0.25, 0.3) is 0 Å². The predicted molar refractivity (Wildman–Crippen MR) is 67.5 cm³/mol. The van der Waals surface area contributed by atoms with E-state index in [0.717, 1.165) is 11.1 Å². The molecule has 0 fully saturated rings. The van der Waals surface area contributed by atoms with Crippen LogP contribution in [0.4, 0.5) is 0 Å². The third-order valence-corrected chi connectivity index (χ3v) is 2.88. The van der Waals surface area contributed by atoms with Crippen LogP contribution in [0.3, 0.4) is 0 Å². The zero-order chi connectivity index (χ0) is 12.6. The highest BCUT2D eigenvalue weighted by molar-refractivity contribution is 5.89. The number of aryl methyl sites for hydroxylation is 2. The van der Waals surface area contributed by atoms with Crippen LogP contribution in [0.2, 0.25) is 0 Å². The Hall–Kier alpha value is -2.03. The quantitative estimate of drug-likeness (QED) is 0.637. The maximum Gasteiger partial charge on any atom is 0.343 e. The van der Waals surface area contributed by atoms with Gasteiger partial charge in [0.2, 0.25) is 0 Å². The van der Waals surface area contributed by atoms with Crippen LogP contribution < -0.4 is 5.63 Å². The van der Waals surface area contributed by atoms with Crippen molar-refractivity contribution in [2.24, 2.45) is 0 Å². The van der Waals surface area contributed by atoms with Crippen molar-refractivity contribution >= 4 is 11.0 Å².